The largest absolute Gasteiger partial charge is 0.495 e. The van der Waals surface area contributed by atoms with Crippen LogP contribution >= 0.6 is 11.3 Å². The maximum Gasteiger partial charge on any atom is 0.244 e. The third-order valence-electron chi connectivity index (χ3n) is 2.65. The number of hydrogen-bond donors (Lipinski definition) is 2. The second kappa shape index (κ2) is 6.31. The highest BCUT2D eigenvalue weighted by Gasteiger charge is 2.19. The molecule has 0 saturated heterocycles. The van der Waals surface area contributed by atoms with E-state index in [1.165, 1.54) is 24.5 Å². The molecule has 0 aliphatic carbocycles. The Balaban J connectivity index is 2.24. The third kappa shape index (κ3) is 3.34. The number of thiazole rings is 1. The minimum atomic E-state index is -3.65. The standard InChI is InChI=1S/C12H15N3O3S2/c1-18-10-6-9(7-13)2-3-11(10)20(16,17)15-8-12-14-4-5-19-12/h2-6,15H,7-8,13H2,1H3. The Bertz CT molecular complexity index is 669. The Morgan fingerprint density at radius 3 is 2.85 bits per heavy atom. The van der Waals surface area contributed by atoms with E-state index in [0.717, 1.165) is 5.56 Å². The summed E-state index contributed by atoms with van der Waals surface area (Å²) in [7, 11) is -2.23. The minimum Gasteiger partial charge on any atom is -0.495 e. The van der Waals surface area contributed by atoms with Gasteiger partial charge in [0.05, 0.1) is 13.7 Å². The lowest BCUT2D eigenvalue weighted by molar-refractivity contribution is 0.401. The SMILES string of the molecule is COc1cc(CN)ccc1S(=O)(=O)NCc1nccs1. The van der Waals surface area contributed by atoms with Gasteiger partial charge >= 0.3 is 0 Å². The molecule has 8 heteroatoms. The minimum absolute atomic E-state index is 0.0914. The van der Waals surface area contributed by atoms with Crippen LogP contribution in [0, 0.1) is 0 Å². The number of sulfonamides is 1. The number of methoxy groups -OCH3 is 1. The highest BCUT2D eigenvalue weighted by molar-refractivity contribution is 7.89. The van der Waals surface area contributed by atoms with Crippen molar-refractivity contribution in [1.29, 1.82) is 0 Å². The molecular weight excluding hydrogens is 298 g/mol. The van der Waals surface area contributed by atoms with E-state index < -0.39 is 10.0 Å². The van der Waals surface area contributed by atoms with Crippen LogP contribution in [0.3, 0.4) is 0 Å². The summed E-state index contributed by atoms with van der Waals surface area (Å²) in [5.74, 6) is 0.277. The van der Waals surface area contributed by atoms with E-state index in [4.69, 9.17) is 10.5 Å². The summed E-state index contributed by atoms with van der Waals surface area (Å²) in [6, 6.07) is 4.78. The molecule has 108 valence electrons. The van der Waals surface area contributed by atoms with Crippen molar-refractivity contribution >= 4 is 21.4 Å². The topological polar surface area (TPSA) is 94.3 Å². The summed E-state index contributed by atoms with van der Waals surface area (Å²) in [5, 5.41) is 2.49. The van der Waals surface area contributed by atoms with Crippen LogP contribution < -0.4 is 15.2 Å². The molecule has 0 atom stereocenters. The second-order valence-corrected chi connectivity index (χ2v) is 6.65. The van der Waals surface area contributed by atoms with Crippen LogP contribution in [0.25, 0.3) is 0 Å². The predicted octanol–water partition coefficient (Wildman–Crippen LogP) is 1.09. The molecule has 0 radical (unpaired) electrons. The number of benzene rings is 1. The van der Waals surface area contributed by atoms with Gasteiger partial charge in [-0.15, -0.1) is 11.3 Å². The van der Waals surface area contributed by atoms with Crippen molar-refractivity contribution in [2.24, 2.45) is 5.73 Å². The molecule has 0 spiro atoms. The zero-order valence-corrected chi connectivity index (χ0v) is 12.5. The number of nitrogens with two attached hydrogens (primary N) is 1. The molecule has 0 aliphatic rings. The number of hydrogen-bond acceptors (Lipinski definition) is 6. The van der Waals surface area contributed by atoms with Gasteiger partial charge in [0.25, 0.3) is 0 Å². The fraction of sp³-hybridized carbons (Fsp3) is 0.250. The van der Waals surface area contributed by atoms with Gasteiger partial charge in [-0.3, -0.25) is 0 Å². The van der Waals surface area contributed by atoms with Gasteiger partial charge in [-0.1, -0.05) is 6.07 Å². The van der Waals surface area contributed by atoms with Crippen molar-refractivity contribution in [1.82, 2.24) is 9.71 Å². The van der Waals surface area contributed by atoms with Gasteiger partial charge in [-0.05, 0) is 17.7 Å². The molecule has 1 aromatic carbocycles. The molecule has 2 aromatic rings. The van der Waals surface area contributed by atoms with Crippen molar-refractivity contribution in [3.05, 3.63) is 40.3 Å². The van der Waals surface area contributed by atoms with Crippen LogP contribution in [0.2, 0.25) is 0 Å². The molecule has 3 N–H and O–H groups in total. The lowest BCUT2D eigenvalue weighted by Gasteiger charge is -2.11. The summed E-state index contributed by atoms with van der Waals surface area (Å²) < 4.78 is 32.1. The fourth-order valence-corrected chi connectivity index (χ4v) is 3.42. The summed E-state index contributed by atoms with van der Waals surface area (Å²) in [5.41, 5.74) is 6.33. The fourth-order valence-electron chi connectivity index (χ4n) is 1.64. The van der Waals surface area contributed by atoms with E-state index in [1.807, 2.05) is 0 Å². The van der Waals surface area contributed by atoms with Crippen molar-refractivity contribution in [2.45, 2.75) is 18.0 Å². The summed E-state index contributed by atoms with van der Waals surface area (Å²) in [4.78, 5) is 4.12. The zero-order chi connectivity index (χ0) is 14.6. The average molecular weight is 313 g/mol. The van der Waals surface area contributed by atoms with Crippen LogP contribution in [0.1, 0.15) is 10.6 Å². The van der Waals surface area contributed by atoms with E-state index in [9.17, 15) is 8.42 Å². The molecular formula is C12H15N3O3S2. The highest BCUT2D eigenvalue weighted by atomic mass is 32.2. The van der Waals surface area contributed by atoms with E-state index >= 15 is 0 Å². The molecule has 0 amide bonds. The van der Waals surface area contributed by atoms with Gasteiger partial charge < -0.3 is 10.5 Å². The molecule has 1 aromatic heterocycles. The van der Waals surface area contributed by atoms with Crippen molar-refractivity contribution in [3.8, 4) is 5.75 Å². The molecule has 0 saturated carbocycles. The van der Waals surface area contributed by atoms with Crippen LogP contribution in [0.5, 0.6) is 5.75 Å². The Labute approximate surface area is 121 Å². The maximum absolute atomic E-state index is 12.3. The number of rotatable bonds is 6. The lowest BCUT2D eigenvalue weighted by atomic mass is 10.2. The van der Waals surface area contributed by atoms with E-state index in [1.54, 1.807) is 23.7 Å². The molecule has 0 bridgehead atoms. The number of aromatic nitrogens is 1. The molecule has 0 fully saturated rings. The van der Waals surface area contributed by atoms with Gasteiger partial charge in [-0.25, -0.2) is 18.1 Å². The summed E-state index contributed by atoms with van der Waals surface area (Å²) in [6.45, 7) is 0.477. The van der Waals surface area contributed by atoms with E-state index in [2.05, 4.69) is 9.71 Å². The highest BCUT2D eigenvalue weighted by Crippen LogP contribution is 2.25. The van der Waals surface area contributed by atoms with E-state index in [0.29, 0.717) is 11.6 Å². The van der Waals surface area contributed by atoms with E-state index in [-0.39, 0.29) is 17.2 Å². The molecule has 6 nitrogen and oxygen atoms in total. The first-order chi connectivity index (χ1) is 9.56. The van der Waals surface area contributed by atoms with Crippen molar-refractivity contribution in [3.63, 3.8) is 0 Å². The van der Waals surface area contributed by atoms with Crippen molar-refractivity contribution < 1.29 is 13.2 Å². The molecule has 0 aliphatic heterocycles. The molecule has 0 unspecified atom stereocenters. The van der Waals surface area contributed by atoms with Gasteiger partial charge in [0.15, 0.2) is 0 Å². The number of nitrogens with one attached hydrogen (secondary N) is 1. The summed E-state index contributed by atoms with van der Waals surface area (Å²) >= 11 is 1.39. The molecule has 1 heterocycles. The van der Waals surface area contributed by atoms with Gasteiger partial charge in [0, 0.05) is 18.1 Å². The average Bonchev–Trinajstić information content (AvgIpc) is 2.97. The van der Waals surface area contributed by atoms with Crippen LogP contribution in [0.4, 0.5) is 0 Å². The monoisotopic (exact) mass is 313 g/mol. The maximum atomic E-state index is 12.3. The third-order valence-corrected chi connectivity index (χ3v) is 4.87. The van der Waals surface area contributed by atoms with Gasteiger partial charge in [0.2, 0.25) is 10.0 Å². The van der Waals surface area contributed by atoms with Gasteiger partial charge in [0.1, 0.15) is 15.7 Å². The molecule has 2 rings (SSSR count). The quantitative estimate of drug-likeness (QED) is 0.832. The first-order valence-electron chi connectivity index (χ1n) is 5.82. The summed E-state index contributed by atoms with van der Waals surface area (Å²) in [6.07, 6.45) is 1.63. The first kappa shape index (κ1) is 14.9. The van der Waals surface area contributed by atoms with Crippen molar-refractivity contribution in [2.75, 3.05) is 7.11 Å². The Kier molecular flexibility index (Phi) is 4.71. The second-order valence-electron chi connectivity index (χ2n) is 3.94. The Hall–Kier alpha value is -1.48. The van der Waals surface area contributed by atoms with Gasteiger partial charge in [-0.2, -0.15) is 0 Å². The molecule has 20 heavy (non-hydrogen) atoms. The Morgan fingerprint density at radius 2 is 2.25 bits per heavy atom. The number of nitrogens with zero attached hydrogens (tertiary/aromatic N) is 1. The number of ether oxygens (including phenoxy) is 1. The first-order valence-corrected chi connectivity index (χ1v) is 8.18. The zero-order valence-electron chi connectivity index (χ0n) is 10.9. The van der Waals surface area contributed by atoms with Crippen LogP contribution in [-0.2, 0) is 23.1 Å². The van der Waals surface area contributed by atoms with Crippen LogP contribution in [0.15, 0.2) is 34.7 Å². The smallest absolute Gasteiger partial charge is 0.244 e. The van der Waals surface area contributed by atoms with Crippen LogP contribution in [-0.4, -0.2) is 20.5 Å². The Morgan fingerprint density at radius 1 is 1.45 bits per heavy atom. The lowest BCUT2D eigenvalue weighted by Crippen LogP contribution is -2.23. The predicted molar refractivity (Wildman–Crippen MR) is 77.0 cm³/mol. The normalized spacial score (nSPS) is 11.5.